The summed E-state index contributed by atoms with van der Waals surface area (Å²) in [7, 11) is 0. The van der Waals surface area contributed by atoms with E-state index in [2.05, 4.69) is 4.98 Å². The van der Waals surface area contributed by atoms with E-state index in [1.165, 1.54) is 0 Å². The van der Waals surface area contributed by atoms with Crippen molar-refractivity contribution >= 4 is 37.1 Å². The number of hydrogen-bond acceptors (Lipinski definition) is 1. The van der Waals surface area contributed by atoms with Crippen molar-refractivity contribution in [3.63, 3.8) is 0 Å². The number of rotatable bonds is 0. The first-order valence-corrected chi connectivity index (χ1v) is 3.31. The third-order valence-electron chi connectivity index (χ3n) is 0.789. The number of nitrogens with zero attached hydrogens (tertiary/aromatic N) is 1. The molecule has 0 aliphatic rings. The van der Waals surface area contributed by atoms with Crippen LogP contribution in [0.3, 0.4) is 0 Å². The van der Waals surface area contributed by atoms with Gasteiger partial charge in [0.2, 0.25) is 0 Å². The first-order valence-electron chi connectivity index (χ1n) is 2.22. The standard InChI is InChI=1S/C5H3ClN.ClH.Mg/c6-5-2-1-3-7-4-5;;/h1-2,4H;1H;/q;;+1/p-1. The summed E-state index contributed by atoms with van der Waals surface area (Å²) >= 11 is 7.29. The third kappa shape index (κ3) is 3.25. The van der Waals surface area contributed by atoms with Crippen molar-refractivity contribution in [3.8, 4) is 0 Å². The normalized spacial score (nSPS) is 8.33. The van der Waals surface area contributed by atoms with Gasteiger partial charge in [0.15, 0.2) is 0 Å². The van der Waals surface area contributed by atoms with Gasteiger partial charge in [-0.3, -0.25) is 0 Å². The van der Waals surface area contributed by atoms with Gasteiger partial charge in [0.25, 0.3) is 0 Å². The van der Waals surface area contributed by atoms with Crippen LogP contribution < -0.4 is 16.2 Å². The molecule has 4 heteroatoms. The molecule has 0 spiro atoms. The molecular formula is C5H3Cl2MgN. The SMILES string of the molecule is [Cl-].[Mg+][c]1ccc(Cl)cn1. The van der Waals surface area contributed by atoms with Crippen molar-refractivity contribution in [2.75, 3.05) is 0 Å². The Kier molecular flexibility index (Phi) is 4.57. The second-order valence-corrected chi connectivity index (χ2v) is 2.63. The van der Waals surface area contributed by atoms with Gasteiger partial charge in [0, 0.05) is 0 Å². The Morgan fingerprint density at radius 3 is 2.44 bits per heavy atom. The molecule has 0 bridgehead atoms. The number of pyridine rings is 1. The van der Waals surface area contributed by atoms with E-state index in [4.69, 9.17) is 11.6 Å². The molecule has 0 aliphatic carbocycles. The Morgan fingerprint density at radius 1 is 1.44 bits per heavy atom. The van der Waals surface area contributed by atoms with Crippen molar-refractivity contribution in [1.82, 2.24) is 4.98 Å². The average molecular weight is 172 g/mol. The zero-order valence-electron chi connectivity index (χ0n) is 4.64. The van der Waals surface area contributed by atoms with Crippen LogP contribution in [-0.4, -0.2) is 26.7 Å². The number of aromatic nitrogens is 1. The summed E-state index contributed by atoms with van der Waals surface area (Å²) in [5.41, 5.74) is 0. The quantitative estimate of drug-likeness (QED) is 0.395. The van der Waals surface area contributed by atoms with Gasteiger partial charge in [-0.05, 0) is 0 Å². The predicted octanol–water partition coefficient (Wildman–Crippen LogP) is -2.47. The first kappa shape index (κ1) is 9.50. The fraction of sp³-hybridized carbons (Fsp3) is 0. The molecule has 0 unspecified atom stereocenters. The first-order chi connectivity index (χ1) is 3.79. The van der Waals surface area contributed by atoms with Gasteiger partial charge in [-0.2, -0.15) is 0 Å². The molecule has 0 saturated heterocycles. The van der Waals surface area contributed by atoms with Gasteiger partial charge in [0.1, 0.15) is 0 Å². The Hall–Kier alpha value is 0.496. The summed E-state index contributed by atoms with van der Waals surface area (Å²) < 4.78 is 1.02. The Balaban J connectivity index is 0.000000640. The fourth-order valence-electron chi connectivity index (χ4n) is 0.406. The molecule has 1 nitrogen and oxygen atoms in total. The number of hydrogen-bond donors (Lipinski definition) is 0. The second kappa shape index (κ2) is 4.33. The molecule has 1 aromatic rings. The molecule has 1 aromatic heterocycles. The predicted molar refractivity (Wildman–Crippen MR) is 34.6 cm³/mol. The molecule has 0 aromatic carbocycles. The van der Waals surface area contributed by atoms with Crippen LogP contribution in [-0.2, 0) is 0 Å². The van der Waals surface area contributed by atoms with Crippen LogP contribution >= 0.6 is 11.6 Å². The van der Waals surface area contributed by atoms with Crippen molar-refractivity contribution in [2.45, 2.75) is 0 Å². The Labute approximate surface area is 77.7 Å². The van der Waals surface area contributed by atoms with E-state index < -0.39 is 0 Å². The third-order valence-corrected chi connectivity index (χ3v) is 1.43. The zero-order chi connectivity index (χ0) is 5.98. The van der Waals surface area contributed by atoms with Gasteiger partial charge in [-0.1, -0.05) is 0 Å². The molecule has 0 radical (unpaired) electrons. The maximum atomic E-state index is 5.55. The summed E-state index contributed by atoms with van der Waals surface area (Å²) in [6.45, 7) is 0. The molecule has 44 valence electrons. The minimum atomic E-state index is 0. The molecular weight excluding hydrogens is 169 g/mol. The Morgan fingerprint density at radius 2 is 2.11 bits per heavy atom. The van der Waals surface area contributed by atoms with Crippen LogP contribution in [0.5, 0.6) is 0 Å². The molecule has 0 amide bonds. The van der Waals surface area contributed by atoms with E-state index in [1.54, 1.807) is 27.9 Å². The monoisotopic (exact) mass is 171 g/mol. The van der Waals surface area contributed by atoms with E-state index in [0.29, 0.717) is 5.02 Å². The van der Waals surface area contributed by atoms with E-state index in [-0.39, 0.29) is 12.4 Å². The average Bonchev–Trinajstić information content (AvgIpc) is 1.77. The summed E-state index contributed by atoms with van der Waals surface area (Å²) in [6.07, 6.45) is 1.64. The minimum absolute atomic E-state index is 0. The van der Waals surface area contributed by atoms with Gasteiger partial charge >= 0.3 is 65.5 Å². The van der Waals surface area contributed by atoms with Crippen LogP contribution in [0.4, 0.5) is 0 Å². The molecule has 1 rings (SSSR count). The zero-order valence-corrected chi connectivity index (χ0v) is 7.57. The van der Waals surface area contributed by atoms with Crippen molar-refractivity contribution in [3.05, 3.63) is 23.4 Å². The topological polar surface area (TPSA) is 12.9 Å². The van der Waals surface area contributed by atoms with Crippen LogP contribution in [0.1, 0.15) is 0 Å². The van der Waals surface area contributed by atoms with Gasteiger partial charge in [0.05, 0.1) is 0 Å². The summed E-state index contributed by atoms with van der Waals surface area (Å²) in [4.78, 5) is 3.96. The van der Waals surface area contributed by atoms with Crippen LogP contribution in [0.2, 0.25) is 5.02 Å². The molecule has 0 aliphatic heterocycles. The van der Waals surface area contributed by atoms with Gasteiger partial charge < -0.3 is 12.4 Å². The second-order valence-electron chi connectivity index (χ2n) is 1.47. The molecule has 0 N–H and O–H groups in total. The molecule has 1 heterocycles. The van der Waals surface area contributed by atoms with Crippen LogP contribution in [0.25, 0.3) is 0 Å². The molecule has 0 saturated carbocycles. The van der Waals surface area contributed by atoms with E-state index in [9.17, 15) is 0 Å². The van der Waals surface area contributed by atoms with E-state index >= 15 is 0 Å². The van der Waals surface area contributed by atoms with E-state index in [0.717, 1.165) is 3.82 Å². The molecule has 0 fully saturated rings. The van der Waals surface area contributed by atoms with Crippen LogP contribution in [0.15, 0.2) is 18.3 Å². The summed E-state index contributed by atoms with van der Waals surface area (Å²) in [5.74, 6) is 0. The molecule has 0 atom stereocenters. The van der Waals surface area contributed by atoms with E-state index in [1.807, 2.05) is 12.1 Å². The summed E-state index contributed by atoms with van der Waals surface area (Å²) in [6, 6.07) is 3.72. The van der Waals surface area contributed by atoms with Crippen LogP contribution in [0, 0.1) is 0 Å². The summed E-state index contributed by atoms with van der Waals surface area (Å²) in [5, 5.41) is 0.695. The maximum absolute atomic E-state index is 5.55. The van der Waals surface area contributed by atoms with Gasteiger partial charge in [-0.25, -0.2) is 0 Å². The fourth-order valence-corrected chi connectivity index (χ4v) is 0.727. The van der Waals surface area contributed by atoms with Gasteiger partial charge in [-0.15, -0.1) is 0 Å². The van der Waals surface area contributed by atoms with Crippen molar-refractivity contribution < 1.29 is 12.4 Å². The Bertz CT molecular complexity index is 154. The van der Waals surface area contributed by atoms with Crippen molar-refractivity contribution in [1.29, 1.82) is 0 Å². The molecule has 9 heavy (non-hydrogen) atoms. The van der Waals surface area contributed by atoms with Crippen molar-refractivity contribution in [2.24, 2.45) is 0 Å². The number of halogens is 2.